The summed E-state index contributed by atoms with van der Waals surface area (Å²) >= 11 is 5.85. The summed E-state index contributed by atoms with van der Waals surface area (Å²) in [4.78, 5) is 15.1. The molecule has 2 aromatic rings. The number of halogens is 1. The number of carbonyl (C=O) groups is 1. The summed E-state index contributed by atoms with van der Waals surface area (Å²) in [7, 11) is 0. The lowest BCUT2D eigenvalue weighted by atomic mass is 10.2. The van der Waals surface area contributed by atoms with E-state index in [1.165, 1.54) is 6.92 Å². The van der Waals surface area contributed by atoms with Gasteiger partial charge in [0.25, 0.3) is 0 Å². The third kappa shape index (κ3) is 3.45. The molecule has 5 heteroatoms. The summed E-state index contributed by atoms with van der Waals surface area (Å²) in [6, 6.07) is 8.85. The van der Waals surface area contributed by atoms with Crippen LogP contribution in [0.4, 0.5) is 5.69 Å². The fourth-order valence-corrected chi connectivity index (χ4v) is 1.71. The number of anilines is 1. The number of hydrogen-bond donors (Lipinski definition) is 1. The Bertz CT molecular complexity index is 614. The Labute approximate surface area is 116 Å². The summed E-state index contributed by atoms with van der Waals surface area (Å²) in [5.74, 6) is 1.02. The van der Waals surface area contributed by atoms with E-state index in [9.17, 15) is 4.79 Å². The van der Waals surface area contributed by atoms with Gasteiger partial charge in [0.15, 0.2) is 5.75 Å². The van der Waals surface area contributed by atoms with Crippen molar-refractivity contribution in [2.45, 2.75) is 13.8 Å². The lowest BCUT2D eigenvalue weighted by Gasteiger charge is -2.12. The summed E-state index contributed by atoms with van der Waals surface area (Å²) < 4.78 is 5.78. The number of amides is 1. The monoisotopic (exact) mass is 276 g/mol. The molecule has 19 heavy (non-hydrogen) atoms. The van der Waals surface area contributed by atoms with Gasteiger partial charge in [-0.2, -0.15) is 0 Å². The summed E-state index contributed by atoms with van der Waals surface area (Å²) in [6.07, 6.45) is 1.64. The van der Waals surface area contributed by atoms with Crippen LogP contribution in [-0.4, -0.2) is 10.9 Å². The van der Waals surface area contributed by atoms with Crippen LogP contribution < -0.4 is 10.1 Å². The first-order valence-electron chi connectivity index (χ1n) is 5.73. The highest BCUT2D eigenvalue weighted by Crippen LogP contribution is 2.31. The van der Waals surface area contributed by atoms with Crippen molar-refractivity contribution in [1.29, 1.82) is 0 Å². The predicted molar refractivity (Wildman–Crippen MR) is 74.8 cm³/mol. The number of hydrogen-bond acceptors (Lipinski definition) is 3. The van der Waals surface area contributed by atoms with Crippen LogP contribution in [0.15, 0.2) is 36.5 Å². The van der Waals surface area contributed by atoms with E-state index >= 15 is 0 Å². The summed E-state index contributed by atoms with van der Waals surface area (Å²) in [6.45, 7) is 3.32. The van der Waals surface area contributed by atoms with Crippen molar-refractivity contribution in [2.24, 2.45) is 0 Å². The Hall–Kier alpha value is -2.07. The fraction of sp³-hybridized carbons (Fsp3) is 0.143. The minimum atomic E-state index is -0.152. The lowest BCUT2D eigenvalue weighted by molar-refractivity contribution is -0.114. The van der Waals surface area contributed by atoms with Crippen LogP contribution in [0.3, 0.4) is 0 Å². The maximum atomic E-state index is 11.1. The lowest BCUT2D eigenvalue weighted by Crippen LogP contribution is -2.06. The fourth-order valence-electron chi connectivity index (χ4n) is 1.56. The number of benzene rings is 1. The SMILES string of the molecule is CC(=O)Nc1ccccc1Oc1cc(Cl)ncc1C. The molecule has 0 aliphatic rings. The molecule has 0 saturated heterocycles. The molecule has 1 N–H and O–H groups in total. The number of para-hydroxylation sites is 2. The van der Waals surface area contributed by atoms with Crippen LogP contribution in [0.2, 0.25) is 5.15 Å². The van der Waals surface area contributed by atoms with E-state index < -0.39 is 0 Å². The molecular weight excluding hydrogens is 264 g/mol. The number of carbonyl (C=O) groups excluding carboxylic acids is 1. The summed E-state index contributed by atoms with van der Waals surface area (Å²) in [5, 5.41) is 3.07. The van der Waals surface area contributed by atoms with Gasteiger partial charge in [0.05, 0.1) is 5.69 Å². The zero-order chi connectivity index (χ0) is 13.8. The molecular formula is C14H13ClN2O2. The number of ether oxygens (including phenoxy) is 1. The number of rotatable bonds is 3. The molecule has 0 aliphatic heterocycles. The van der Waals surface area contributed by atoms with Gasteiger partial charge in [0.1, 0.15) is 10.9 Å². The van der Waals surface area contributed by atoms with Crippen molar-refractivity contribution in [3.63, 3.8) is 0 Å². The number of nitrogens with one attached hydrogen (secondary N) is 1. The molecule has 2 rings (SSSR count). The van der Waals surface area contributed by atoms with Crippen LogP contribution in [0.1, 0.15) is 12.5 Å². The van der Waals surface area contributed by atoms with E-state index in [0.717, 1.165) is 5.56 Å². The van der Waals surface area contributed by atoms with Gasteiger partial charge >= 0.3 is 0 Å². The normalized spacial score (nSPS) is 10.1. The van der Waals surface area contributed by atoms with Crippen molar-refractivity contribution >= 4 is 23.2 Å². The Morgan fingerprint density at radius 2 is 2.05 bits per heavy atom. The van der Waals surface area contributed by atoms with Gasteiger partial charge < -0.3 is 10.1 Å². The highest BCUT2D eigenvalue weighted by molar-refractivity contribution is 6.29. The molecule has 0 saturated carbocycles. The molecule has 0 bridgehead atoms. The first kappa shape index (κ1) is 13.4. The van der Waals surface area contributed by atoms with Crippen LogP contribution >= 0.6 is 11.6 Å². The van der Waals surface area contributed by atoms with Crippen molar-refractivity contribution < 1.29 is 9.53 Å². The van der Waals surface area contributed by atoms with Gasteiger partial charge in [0.2, 0.25) is 5.91 Å². The average Bonchev–Trinajstić information content (AvgIpc) is 2.35. The molecule has 1 aromatic heterocycles. The molecule has 1 heterocycles. The maximum absolute atomic E-state index is 11.1. The Balaban J connectivity index is 2.32. The zero-order valence-corrected chi connectivity index (χ0v) is 11.4. The standard InChI is InChI=1S/C14H13ClN2O2/c1-9-8-16-14(15)7-13(9)19-12-6-4-3-5-11(12)17-10(2)18/h3-8H,1-2H3,(H,17,18). The second-order valence-corrected chi connectivity index (χ2v) is 4.44. The topological polar surface area (TPSA) is 51.2 Å². The number of aromatic nitrogens is 1. The van der Waals surface area contributed by atoms with Crippen molar-refractivity contribution in [3.8, 4) is 11.5 Å². The second kappa shape index (κ2) is 5.71. The third-order valence-corrected chi connectivity index (χ3v) is 2.64. The van der Waals surface area contributed by atoms with Gasteiger partial charge in [-0.1, -0.05) is 23.7 Å². The minimum absolute atomic E-state index is 0.152. The van der Waals surface area contributed by atoms with E-state index in [0.29, 0.717) is 22.3 Å². The van der Waals surface area contributed by atoms with Gasteiger partial charge in [-0.15, -0.1) is 0 Å². The molecule has 0 atom stereocenters. The van der Waals surface area contributed by atoms with Crippen LogP contribution in [0.5, 0.6) is 11.5 Å². The van der Waals surface area contributed by atoms with Gasteiger partial charge in [-0.25, -0.2) is 4.98 Å². The molecule has 0 radical (unpaired) electrons. The predicted octanol–water partition coefficient (Wildman–Crippen LogP) is 3.79. The molecule has 0 unspecified atom stereocenters. The molecule has 0 fully saturated rings. The van der Waals surface area contributed by atoms with Gasteiger partial charge in [-0.3, -0.25) is 4.79 Å². The van der Waals surface area contributed by atoms with Crippen molar-refractivity contribution in [1.82, 2.24) is 4.98 Å². The molecule has 1 aromatic carbocycles. The van der Waals surface area contributed by atoms with Crippen LogP contribution in [-0.2, 0) is 4.79 Å². The van der Waals surface area contributed by atoms with E-state index in [-0.39, 0.29) is 5.91 Å². The molecule has 0 spiro atoms. The Morgan fingerprint density at radius 1 is 1.32 bits per heavy atom. The molecule has 98 valence electrons. The maximum Gasteiger partial charge on any atom is 0.221 e. The first-order valence-corrected chi connectivity index (χ1v) is 6.10. The highest BCUT2D eigenvalue weighted by Gasteiger charge is 2.08. The van der Waals surface area contributed by atoms with E-state index in [2.05, 4.69) is 10.3 Å². The first-order chi connectivity index (χ1) is 9.06. The van der Waals surface area contributed by atoms with Crippen LogP contribution in [0.25, 0.3) is 0 Å². The molecule has 4 nitrogen and oxygen atoms in total. The molecule has 0 aliphatic carbocycles. The van der Waals surface area contributed by atoms with Crippen molar-refractivity contribution in [2.75, 3.05) is 5.32 Å². The van der Waals surface area contributed by atoms with E-state index in [1.807, 2.05) is 19.1 Å². The van der Waals surface area contributed by atoms with E-state index in [1.54, 1.807) is 24.4 Å². The number of aryl methyl sites for hydroxylation is 1. The zero-order valence-electron chi connectivity index (χ0n) is 10.6. The number of nitrogens with zero attached hydrogens (tertiary/aromatic N) is 1. The van der Waals surface area contributed by atoms with Gasteiger partial charge in [0, 0.05) is 24.8 Å². The Kier molecular flexibility index (Phi) is 4.02. The van der Waals surface area contributed by atoms with Gasteiger partial charge in [-0.05, 0) is 19.1 Å². The Morgan fingerprint density at radius 3 is 2.79 bits per heavy atom. The molecule has 1 amide bonds. The minimum Gasteiger partial charge on any atom is -0.455 e. The van der Waals surface area contributed by atoms with Crippen LogP contribution in [0, 0.1) is 6.92 Å². The third-order valence-electron chi connectivity index (χ3n) is 2.44. The quantitative estimate of drug-likeness (QED) is 0.868. The highest BCUT2D eigenvalue weighted by atomic mass is 35.5. The van der Waals surface area contributed by atoms with Crippen molar-refractivity contribution in [3.05, 3.63) is 47.2 Å². The smallest absolute Gasteiger partial charge is 0.221 e. The van der Waals surface area contributed by atoms with E-state index in [4.69, 9.17) is 16.3 Å². The number of pyridine rings is 1. The summed E-state index contributed by atoms with van der Waals surface area (Å²) in [5.41, 5.74) is 1.48. The largest absolute Gasteiger partial charge is 0.455 e. The second-order valence-electron chi connectivity index (χ2n) is 4.05. The average molecular weight is 277 g/mol.